The Balaban J connectivity index is 2.09. The lowest BCUT2D eigenvalue weighted by atomic mass is 10.2. The summed E-state index contributed by atoms with van der Waals surface area (Å²) in [7, 11) is 0. The second-order valence-electron chi connectivity index (χ2n) is 3.06. The van der Waals surface area contributed by atoms with Crippen molar-refractivity contribution in [2.24, 2.45) is 0 Å². The fourth-order valence-corrected chi connectivity index (χ4v) is 1.79. The van der Waals surface area contributed by atoms with Crippen LogP contribution in [0.3, 0.4) is 0 Å². The lowest BCUT2D eigenvalue weighted by Gasteiger charge is -2.02. The molecule has 14 heavy (non-hydrogen) atoms. The van der Waals surface area contributed by atoms with Crippen LogP contribution in [0.15, 0.2) is 16.8 Å². The predicted molar refractivity (Wildman–Crippen MR) is 57.4 cm³/mol. The zero-order valence-corrected chi connectivity index (χ0v) is 8.85. The number of carbonyl (C=O) groups excluding carboxylic acids is 1. The molecule has 2 N–H and O–H groups in total. The number of nitrogens with one attached hydrogen (secondary N) is 1. The Morgan fingerprint density at radius 1 is 1.57 bits per heavy atom. The third kappa shape index (κ3) is 4.39. The maximum absolute atomic E-state index is 11.2. The minimum Gasteiger partial charge on any atom is -0.396 e. The van der Waals surface area contributed by atoms with E-state index in [1.165, 1.54) is 5.56 Å². The number of hydrogen-bond acceptors (Lipinski definition) is 3. The molecule has 1 aromatic rings. The molecular weight excluding hydrogens is 198 g/mol. The van der Waals surface area contributed by atoms with Crippen LogP contribution in [-0.4, -0.2) is 24.2 Å². The van der Waals surface area contributed by atoms with Crippen LogP contribution in [0.4, 0.5) is 0 Å². The molecule has 0 aliphatic heterocycles. The average Bonchev–Trinajstić information content (AvgIpc) is 2.68. The van der Waals surface area contributed by atoms with E-state index in [1.807, 2.05) is 11.4 Å². The van der Waals surface area contributed by atoms with E-state index in [0.717, 1.165) is 6.42 Å². The molecule has 1 rings (SSSR count). The molecule has 0 aliphatic carbocycles. The molecule has 4 heteroatoms. The van der Waals surface area contributed by atoms with Gasteiger partial charge in [-0.3, -0.25) is 4.79 Å². The topological polar surface area (TPSA) is 49.3 Å². The van der Waals surface area contributed by atoms with Gasteiger partial charge in [0.05, 0.1) is 0 Å². The van der Waals surface area contributed by atoms with E-state index in [1.54, 1.807) is 11.3 Å². The van der Waals surface area contributed by atoms with Crippen molar-refractivity contribution >= 4 is 17.2 Å². The molecule has 1 heterocycles. The van der Waals surface area contributed by atoms with E-state index in [-0.39, 0.29) is 12.5 Å². The summed E-state index contributed by atoms with van der Waals surface area (Å²) in [6, 6.07) is 2.03. The van der Waals surface area contributed by atoms with Crippen LogP contribution >= 0.6 is 11.3 Å². The molecule has 0 bridgehead atoms. The van der Waals surface area contributed by atoms with E-state index >= 15 is 0 Å². The quantitative estimate of drug-likeness (QED) is 0.697. The summed E-state index contributed by atoms with van der Waals surface area (Å²) < 4.78 is 0. The molecule has 0 radical (unpaired) electrons. The maximum atomic E-state index is 11.2. The molecule has 0 spiro atoms. The van der Waals surface area contributed by atoms with Gasteiger partial charge in [-0.05, 0) is 35.2 Å². The lowest BCUT2D eigenvalue weighted by Crippen LogP contribution is -2.25. The van der Waals surface area contributed by atoms with Gasteiger partial charge in [0.15, 0.2) is 0 Å². The van der Waals surface area contributed by atoms with E-state index in [2.05, 4.69) is 10.7 Å². The Hall–Kier alpha value is -0.870. The Kier molecular flexibility index (Phi) is 5.25. The first-order chi connectivity index (χ1) is 6.83. The summed E-state index contributed by atoms with van der Waals surface area (Å²) in [5.74, 6) is 0.0599. The first-order valence-corrected chi connectivity index (χ1v) is 5.66. The fourth-order valence-electron chi connectivity index (χ4n) is 1.09. The summed E-state index contributed by atoms with van der Waals surface area (Å²) in [5, 5.41) is 15.3. The van der Waals surface area contributed by atoms with Crippen LogP contribution in [0.5, 0.6) is 0 Å². The van der Waals surface area contributed by atoms with Gasteiger partial charge in [0.2, 0.25) is 5.91 Å². The van der Waals surface area contributed by atoms with Crippen LogP contribution in [0.25, 0.3) is 0 Å². The molecular formula is C10H15NO2S. The number of aliphatic hydroxyl groups is 1. The van der Waals surface area contributed by atoms with Gasteiger partial charge in [-0.1, -0.05) is 0 Å². The standard InChI is InChI=1S/C10H15NO2S/c12-6-1-5-11-10(13)3-2-9-4-7-14-8-9/h4,7-8,12H,1-3,5-6H2,(H,11,13). The summed E-state index contributed by atoms with van der Waals surface area (Å²) in [6.45, 7) is 0.698. The Morgan fingerprint density at radius 2 is 2.43 bits per heavy atom. The Morgan fingerprint density at radius 3 is 3.07 bits per heavy atom. The van der Waals surface area contributed by atoms with Gasteiger partial charge in [0, 0.05) is 19.6 Å². The zero-order valence-electron chi connectivity index (χ0n) is 8.03. The van der Waals surface area contributed by atoms with E-state index in [0.29, 0.717) is 19.4 Å². The first-order valence-electron chi connectivity index (χ1n) is 4.71. The number of aliphatic hydroxyl groups excluding tert-OH is 1. The minimum atomic E-state index is 0.0599. The summed E-state index contributed by atoms with van der Waals surface area (Å²) >= 11 is 1.65. The highest BCUT2D eigenvalue weighted by Crippen LogP contribution is 2.07. The zero-order chi connectivity index (χ0) is 10.2. The average molecular weight is 213 g/mol. The third-order valence-electron chi connectivity index (χ3n) is 1.88. The normalized spacial score (nSPS) is 10.1. The van der Waals surface area contributed by atoms with Crippen molar-refractivity contribution in [2.75, 3.05) is 13.2 Å². The molecule has 78 valence electrons. The van der Waals surface area contributed by atoms with Gasteiger partial charge < -0.3 is 10.4 Å². The number of hydrogen-bond donors (Lipinski definition) is 2. The molecule has 1 amide bonds. The highest BCUT2D eigenvalue weighted by molar-refractivity contribution is 7.07. The van der Waals surface area contributed by atoms with Crippen LogP contribution in [0.1, 0.15) is 18.4 Å². The van der Waals surface area contributed by atoms with Crippen LogP contribution in [-0.2, 0) is 11.2 Å². The number of aryl methyl sites for hydroxylation is 1. The van der Waals surface area contributed by atoms with Crippen molar-refractivity contribution in [3.8, 4) is 0 Å². The second-order valence-corrected chi connectivity index (χ2v) is 3.84. The Bertz CT molecular complexity index is 259. The summed E-state index contributed by atoms with van der Waals surface area (Å²) in [5.41, 5.74) is 1.22. The number of amides is 1. The minimum absolute atomic E-state index is 0.0599. The van der Waals surface area contributed by atoms with E-state index in [9.17, 15) is 4.79 Å². The number of carbonyl (C=O) groups is 1. The maximum Gasteiger partial charge on any atom is 0.220 e. The van der Waals surface area contributed by atoms with Gasteiger partial charge in [0.1, 0.15) is 0 Å². The van der Waals surface area contributed by atoms with Gasteiger partial charge in [-0.2, -0.15) is 11.3 Å². The summed E-state index contributed by atoms with van der Waals surface area (Å²) in [4.78, 5) is 11.2. The lowest BCUT2D eigenvalue weighted by molar-refractivity contribution is -0.121. The highest BCUT2D eigenvalue weighted by Gasteiger charge is 2.01. The molecule has 3 nitrogen and oxygen atoms in total. The van der Waals surface area contributed by atoms with Crippen molar-refractivity contribution in [1.82, 2.24) is 5.32 Å². The fraction of sp³-hybridized carbons (Fsp3) is 0.500. The molecule has 0 unspecified atom stereocenters. The highest BCUT2D eigenvalue weighted by atomic mass is 32.1. The van der Waals surface area contributed by atoms with Gasteiger partial charge in [-0.25, -0.2) is 0 Å². The van der Waals surface area contributed by atoms with Crippen LogP contribution in [0, 0.1) is 0 Å². The van der Waals surface area contributed by atoms with Gasteiger partial charge in [-0.15, -0.1) is 0 Å². The van der Waals surface area contributed by atoms with Gasteiger partial charge >= 0.3 is 0 Å². The first kappa shape index (κ1) is 11.2. The number of rotatable bonds is 6. The molecule has 0 saturated carbocycles. The smallest absolute Gasteiger partial charge is 0.220 e. The second kappa shape index (κ2) is 6.56. The van der Waals surface area contributed by atoms with E-state index < -0.39 is 0 Å². The van der Waals surface area contributed by atoms with Crippen molar-refractivity contribution < 1.29 is 9.90 Å². The van der Waals surface area contributed by atoms with Crippen molar-refractivity contribution in [3.05, 3.63) is 22.4 Å². The number of thiophene rings is 1. The van der Waals surface area contributed by atoms with Gasteiger partial charge in [0.25, 0.3) is 0 Å². The third-order valence-corrected chi connectivity index (χ3v) is 2.61. The van der Waals surface area contributed by atoms with Crippen LogP contribution in [0.2, 0.25) is 0 Å². The van der Waals surface area contributed by atoms with E-state index in [4.69, 9.17) is 5.11 Å². The molecule has 0 atom stereocenters. The SMILES string of the molecule is O=C(CCc1ccsc1)NCCCO. The van der Waals surface area contributed by atoms with Crippen molar-refractivity contribution in [2.45, 2.75) is 19.3 Å². The predicted octanol–water partition coefficient (Wildman–Crippen LogP) is 1.18. The molecule has 0 saturated heterocycles. The largest absolute Gasteiger partial charge is 0.396 e. The monoisotopic (exact) mass is 213 g/mol. The molecule has 0 aromatic carbocycles. The molecule has 0 aliphatic rings. The van der Waals surface area contributed by atoms with Crippen molar-refractivity contribution in [1.29, 1.82) is 0 Å². The molecule has 1 aromatic heterocycles. The summed E-state index contributed by atoms with van der Waals surface area (Å²) in [6.07, 6.45) is 1.96. The van der Waals surface area contributed by atoms with Crippen LogP contribution < -0.4 is 5.32 Å². The van der Waals surface area contributed by atoms with Crippen molar-refractivity contribution in [3.63, 3.8) is 0 Å². The molecule has 0 fully saturated rings. The Labute approximate surface area is 87.8 Å².